The van der Waals surface area contributed by atoms with E-state index in [-0.39, 0.29) is 11.8 Å². The normalized spacial score (nSPS) is 16.4. The van der Waals surface area contributed by atoms with E-state index in [4.69, 9.17) is 4.98 Å². The molecule has 0 aliphatic carbocycles. The van der Waals surface area contributed by atoms with Crippen LogP contribution < -0.4 is 5.32 Å². The van der Waals surface area contributed by atoms with Crippen LogP contribution in [0.5, 0.6) is 0 Å². The van der Waals surface area contributed by atoms with Crippen LogP contribution in [-0.4, -0.2) is 43.4 Å². The first kappa shape index (κ1) is 19.2. The quantitative estimate of drug-likeness (QED) is 0.546. The van der Waals surface area contributed by atoms with Gasteiger partial charge in [-0.2, -0.15) is 0 Å². The van der Waals surface area contributed by atoms with Crippen LogP contribution in [0.2, 0.25) is 0 Å². The second-order valence-electron chi connectivity index (χ2n) is 7.89. The van der Waals surface area contributed by atoms with Crippen molar-refractivity contribution in [1.29, 1.82) is 0 Å². The minimum atomic E-state index is 0.0427. The number of likely N-dealkylation sites (tertiary alicyclic amines) is 1. The summed E-state index contributed by atoms with van der Waals surface area (Å²) < 4.78 is 2.17. The number of rotatable bonds is 4. The molecule has 1 saturated heterocycles. The molecule has 156 valence electrons. The lowest BCUT2D eigenvalue weighted by molar-refractivity contribution is 0.0704. The molecule has 1 amide bonds. The first-order chi connectivity index (χ1) is 15.2. The van der Waals surface area contributed by atoms with Crippen molar-refractivity contribution in [2.75, 3.05) is 18.4 Å². The number of carbonyl (C=O) groups excluding carboxylic acids is 1. The molecule has 3 heterocycles. The number of nitrogens with zero attached hydrogens (tertiary/aromatic N) is 5. The van der Waals surface area contributed by atoms with E-state index in [1.54, 1.807) is 18.5 Å². The van der Waals surface area contributed by atoms with Gasteiger partial charge in [-0.3, -0.25) is 4.79 Å². The van der Waals surface area contributed by atoms with Crippen LogP contribution in [0.1, 0.15) is 34.9 Å². The molecule has 1 N–H and O–H groups in total. The fourth-order valence-electron chi connectivity index (χ4n) is 4.31. The van der Waals surface area contributed by atoms with Crippen LogP contribution in [0.4, 0.5) is 11.6 Å². The molecule has 4 aromatic rings. The Kier molecular flexibility index (Phi) is 5.08. The Morgan fingerprint density at radius 2 is 1.90 bits per heavy atom. The second-order valence-corrected chi connectivity index (χ2v) is 7.89. The van der Waals surface area contributed by atoms with Crippen LogP contribution in [0.15, 0.2) is 67.0 Å². The predicted octanol–water partition coefficient (Wildman–Crippen LogP) is 4.13. The third-order valence-corrected chi connectivity index (χ3v) is 5.83. The molecule has 7 nitrogen and oxygen atoms in total. The summed E-state index contributed by atoms with van der Waals surface area (Å²) in [4.78, 5) is 28.5. The summed E-state index contributed by atoms with van der Waals surface area (Å²) in [5.74, 6) is 1.83. The van der Waals surface area contributed by atoms with Crippen molar-refractivity contribution in [1.82, 2.24) is 24.4 Å². The van der Waals surface area contributed by atoms with Gasteiger partial charge >= 0.3 is 0 Å². The lowest BCUT2D eigenvalue weighted by atomic mass is 9.96. The molecular weight excluding hydrogens is 388 g/mol. The summed E-state index contributed by atoms with van der Waals surface area (Å²) >= 11 is 0. The van der Waals surface area contributed by atoms with Gasteiger partial charge in [0.1, 0.15) is 5.82 Å². The molecule has 0 bridgehead atoms. The third kappa shape index (κ3) is 3.86. The number of aryl methyl sites for hydroxylation is 1. The molecule has 0 saturated carbocycles. The summed E-state index contributed by atoms with van der Waals surface area (Å²) in [5, 5.41) is 3.15. The van der Waals surface area contributed by atoms with E-state index in [0.29, 0.717) is 18.1 Å². The number of hydrogen-bond acceptors (Lipinski definition) is 5. The van der Waals surface area contributed by atoms with Gasteiger partial charge in [-0.15, -0.1) is 0 Å². The predicted molar refractivity (Wildman–Crippen MR) is 120 cm³/mol. The first-order valence-corrected chi connectivity index (χ1v) is 10.5. The van der Waals surface area contributed by atoms with Gasteiger partial charge in [-0.1, -0.05) is 18.2 Å². The van der Waals surface area contributed by atoms with Gasteiger partial charge in [0.25, 0.3) is 5.91 Å². The third-order valence-electron chi connectivity index (χ3n) is 5.83. The molecule has 5 rings (SSSR count). The molecule has 1 atom stereocenters. The van der Waals surface area contributed by atoms with E-state index in [1.807, 2.05) is 47.4 Å². The monoisotopic (exact) mass is 412 g/mol. The maximum atomic E-state index is 13.3. The number of anilines is 2. The molecule has 1 fully saturated rings. The van der Waals surface area contributed by atoms with E-state index in [1.165, 1.54) is 0 Å². The van der Waals surface area contributed by atoms with Gasteiger partial charge < -0.3 is 14.8 Å². The number of imidazole rings is 1. The topological polar surface area (TPSA) is 75.9 Å². The molecule has 7 heteroatoms. The average Bonchev–Trinajstić information content (AvgIpc) is 3.16. The van der Waals surface area contributed by atoms with Crippen molar-refractivity contribution >= 4 is 28.6 Å². The molecule has 1 aliphatic heterocycles. The van der Waals surface area contributed by atoms with E-state index in [9.17, 15) is 4.79 Å². The van der Waals surface area contributed by atoms with Crippen molar-refractivity contribution in [3.63, 3.8) is 0 Å². The SMILES string of the molecule is Cn1c([C@H]2CCCN(C(=O)c3cccc(Nc4ncccn4)c3)C2)nc2ccccc21. The van der Waals surface area contributed by atoms with Crippen molar-refractivity contribution in [2.24, 2.45) is 7.05 Å². The van der Waals surface area contributed by atoms with Crippen molar-refractivity contribution in [3.8, 4) is 0 Å². The Hall–Kier alpha value is -3.74. The first-order valence-electron chi connectivity index (χ1n) is 10.5. The second kappa shape index (κ2) is 8.18. The fraction of sp³-hybridized carbons (Fsp3) is 0.250. The number of aromatic nitrogens is 4. The van der Waals surface area contributed by atoms with Crippen LogP contribution in [0.3, 0.4) is 0 Å². The highest BCUT2D eigenvalue weighted by atomic mass is 16.2. The summed E-state index contributed by atoms with van der Waals surface area (Å²) in [5.41, 5.74) is 3.58. The van der Waals surface area contributed by atoms with E-state index >= 15 is 0 Å². The number of nitrogens with one attached hydrogen (secondary N) is 1. The summed E-state index contributed by atoms with van der Waals surface area (Å²) in [6.07, 6.45) is 5.36. The highest BCUT2D eigenvalue weighted by Crippen LogP contribution is 2.29. The van der Waals surface area contributed by atoms with E-state index < -0.39 is 0 Å². The molecule has 31 heavy (non-hydrogen) atoms. The maximum absolute atomic E-state index is 13.3. The zero-order valence-corrected chi connectivity index (χ0v) is 17.4. The van der Waals surface area contributed by atoms with Crippen LogP contribution >= 0.6 is 0 Å². The van der Waals surface area contributed by atoms with E-state index in [0.717, 1.165) is 41.9 Å². The van der Waals surface area contributed by atoms with Crippen LogP contribution in [0, 0.1) is 0 Å². The number of benzene rings is 2. The maximum Gasteiger partial charge on any atom is 0.253 e. The van der Waals surface area contributed by atoms with Crippen LogP contribution in [0.25, 0.3) is 11.0 Å². The summed E-state index contributed by atoms with van der Waals surface area (Å²) in [6, 6.07) is 17.4. The number of amides is 1. The van der Waals surface area contributed by atoms with Gasteiger partial charge in [-0.05, 0) is 49.2 Å². The number of hydrogen-bond donors (Lipinski definition) is 1. The molecule has 1 aliphatic rings. The number of carbonyl (C=O) groups is 1. The van der Waals surface area contributed by atoms with Gasteiger partial charge in [-0.25, -0.2) is 15.0 Å². The van der Waals surface area contributed by atoms with Gasteiger partial charge in [0, 0.05) is 49.7 Å². The standard InChI is InChI=1S/C24H24N6O/c1-29-21-11-3-2-10-20(21)28-22(29)18-8-5-14-30(16-18)23(31)17-7-4-9-19(15-17)27-24-25-12-6-13-26-24/h2-4,6-7,9-13,15,18H,5,8,14,16H2,1H3,(H,25,26,27)/t18-/m0/s1. The van der Waals surface area contributed by atoms with E-state index in [2.05, 4.69) is 33.0 Å². The van der Waals surface area contributed by atoms with Gasteiger partial charge in [0.15, 0.2) is 0 Å². The molecule has 0 radical (unpaired) electrons. The lowest BCUT2D eigenvalue weighted by Crippen LogP contribution is -2.39. The van der Waals surface area contributed by atoms with Gasteiger partial charge in [0.2, 0.25) is 5.95 Å². The highest BCUT2D eigenvalue weighted by molar-refractivity contribution is 5.95. The van der Waals surface area contributed by atoms with Gasteiger partial charge in [0.05, 0.1) is 11.0 Å². The molecule has 2 aromatic heterocycles. The number of para-hydroxylation sites is 2. The minimum absolute atomic E-state index is 0.0427. The lowest BCUT2D eigenvalue weighted by Gasteiger charge is -2.32. The molecular formula is C24H24N6O. The Morgan fingerprint density at radius 1 is 1.06 bits per heavy atom. The highest BCUT2D eigenvalue weighted by Gasteiger charge is 2.28. The average molecular weight is 412 g/mol. The molecule has 0 unspecified atom stereocenters. The van der Waals surface area contributed by atoms with Crippen molar-refractivity contribution in [3.05, 3.63) is 78.4 Å². The fourth-order valence-corrected chi connectivity index (χ4v) is 4.31. The van der Waals surface area contributed by atoms with Crippen LogP contribution in [-0.2, 0) is 7.05 Å². The Bertz CT molecular complexity index is 1220. The largest absolute Gasteiger partial charge is 0.338 e. The zero-order valence-electron chi connectivity index (χ0n) is 17.4. The molecule has 2 aromatic carbocycles. The van der Waals surface area contributed by atoms with Crippen molar-refractivity contribution < 1.29 is 4.79 Å². The Labute approximate surface area is 180 Å². The summed E-state index contributed by atoms with van der Waals surface area (Å²) in [6.45, 7) is 1.44. The Morgan fingerprint density at radius 3 is 2.74 bits per heavy atom. The van der Waals surface area contributed by atoms with Crippen molar-refractivity contribution in [2.45, 2.75) is 18.8 Å². The smallest absolute Gasteiger partial charge is 0.253 e. The number of fused-ring (bicyclic) bond motifs is 1. The minimum Gasteiger partial charge on any atom is -0.338 e. The zero-order chi connectivity index (χ0) is 21.2. The molecule has 0 spiro atoms. The summed E-state index contributed by atoms with van der Waals surface area (Å²) in [7, 11) is 2.06. The Balaban J connectivity index is 1.35. The number of piperidine rings is 1.